The SMILES string of the molecule is CSCCOC(=O)OCCN1[C@@H]2CCC[C@H](C)[C@H](O)[C@@H](C)C(=O)C(C)(C)[C@@H](O)CC(=O)O[C@H](/C(C)=C/c3csc(C)n3)C[C@@H]21. The number of aliphatic hydroxyl groups excluding tert-OH is 2. The van der Waals surface area contributed by atoms with E-state index in [-0.39, 0.29) is 36.8 Å². The van der Waals surface area contributed by atoms with Crippen molar-refractivity contribution >= 4 is 47.1 Å². The number of thiazole rings is 1. The molecule has 0 aromatic carbocycles. The number of ether oxygens (including phenoxy) is 3. The van der Waals surface area contributed by atoms with Crippen molar-refractivity contribution in [3.8, 4) is 0 Å². The fraction of sp³-hybridized carbons (Fsp3) is 0.750. The molecule has 0 bridgehead atoms. The molecule has 0 aliphatic carbocycles. The number of aromatic nitrogens is 1. The number of hydrogen-bond donors (Lipinski definition) is 2. The van der Waals surface area contributed by atoms with Crippen LogP contribution in [0.15, 0.2) is 11.0 Å². The summed E-state index contributed by atoms with van der Waals surface area (Å²) in [6, 6.07) is 0.266. The van der Waals surface area contributed by atoms with E-state index in [9.17, 15) is 24.6 Å². The maximum atomic E-state index is 13.4. The van der Waals surface area contributed by atoms with Crippen molar-refractivity contribution in [1.29, 1.82) is 0 Å². The van der Waals surface area contributed by atoms with Crippen LogP contribution in [0.5, 0.6) is 0 Å². The number of fused-ring (bicyclic) bond motifs is 1. The van der Waals surface area contributed by atoms with Crippen molar-refractivity contribution in [3.05, 3.63) is 21.7 Å². The van der Waals surface area contributed by atoms with Gasteiger partial charge in [0.15, 0.2) is 0 Å². The molecule has 2 saturated heterocycles. The van der Waals surface area contributed by atoms with Crippen molar-refractivity contribution in [2.75, 3.05) is 31.8 Å². The van der Waals surface area contributed by atoms with E-state index in [0.717, 1.165) is 35.5 Å². The number of rotatable bonds is 8. The molecule has 248 valence electrons. The Balaban J connectivity index is 1.82. The minimum absolute atomic E-state index is 0.0828. The molecule has 8 atom stereocenters. The first-order valence-corrected chi connectivity index (χ1v) is 17.8. The number of ketones is 1. The highest BCUT2D eigenvalue weighted by Crippen LogP contribution is 2.39. The number of aliphatic hydroxyl groups is 2. The topological polar surface area (TPSA) is 135 Å². The first-order chi connectivity index (χ1) is 20.8. The lowest BCUT2D eigenvalue weighted by atomic mass is 9.73. The predicted octanol–water partition coefficient (Wildman–Crippen LogP) is 4.89. The Morgan fingerprint density at radius 1 is 1.20 bits per heavy atom. The molecule has 3 rings (SSSR count). The van der Waals surface area contributed by atoms with Crippen LogP contribution in [0.25, 0.3) is 6.08 Å². The molecule has 44 heavy (non-hydrogen) atoms. The van der Waals surface area contributed by atoms with E-state index in [0.29, 0.717) is 25.3 Å². The highest BCUT2D eigenvalue weighted by molar-refractivity contribution is 7.98. The molecule has 1 unspecified atom stereocenters. The molecule has 2 aliphatic heterocycles. The zero-order valence-electron chi connectivity index (χ0n) is 27.1. The number of nitrogens with zero attached hydrogens (tertiary/aromatic N) is 2. The van der Waals surface area contributed by atoms with E-state index in [2.05, 4.69) is 9.88 Å². The third-order valence-electron chi connectivity index (χ3n) is 9.03. The minimum Gasteiger partial charge on any atom is -0.458 e. The first-order valence-electron chi connectivity index (χ1n) is 15.5. The summed E-state index contributed by atoms with van der Waals surface area (Å²) >= 11 is 3.12. The molecule has 1 aromatic heterocycles. The van der Waals surface area contributed by atoms with Crippen LogP contribution < -0.4 is 0 Å². The smallest absolute Gasteiger partial charge is 0.458 e. The Morgan fingerprint density at radius 3 is 2.57 bits per heavy atom. The van der Waals surface area contributed by atoms with Crippen molar-refractivity contribution in [1.82, 2.24) is 9.88 Å². The van der Waals surface area contributed by atoms with E-state index in [1.54, 1.807) is 43.9 Å². The molecule has 2 aliphatic rings. The zero-order chi connectivity index (χ0) is 32.6. The number of hydrogen-bond acceptors (Lipinski definition) is 12. The van der Waals surface area contributed by atoms with Crippen molar-refractivity contribution in [2.45, 2.75) is 104 Å². The van der Waals surface area contributed by atoms with Gasteiger partial charge in [0.2, 0.25) is 0 Å². The normalized spacial score (nSPS) is 32.0. The summed E-state index contributed by atoms with van der Waals surface area (Å²) in [6.07, 6.45) is 3.05. The van der Waals surface area contributed by atoms with Crippen LogP contribution in [0.1, 0.15) is 77.4 Å². The summed E-state index contributed by atoms with van der Waals surface area (Å²) < 4.78 is 16.4. The molecule has 0 radical (unpaired) electrons. The van der Waals surface area contributed by atoms with Crippen LogP contribution in [-0.4, -0.2) is 100 Å². The van der Waals surface area contributed by atoms with Crippen LogP contribution >= 0.6 is 23.1 Å². The Kier molecular flexibility index (Phi) is 13.7. The molecule has 0 spiro atoms. The lowest BCUT2D eigenvalue weighted by molar-refractivity contribution is -0.154. The van der Waals surface area contributed by atoms with Gasteiger partial charge < -0.3 is 24.4 Å². The van der Waals surface area contributed by atoms with Gasteiger partial charge in [-0.25, -0.2) is 9.78 Å². The fourth-order valence-corrected chi connectivity index (χ4v) is 6.84. The van der Waals surface area contributed by atoms with E-state index in [1.165, 1.54) is 0 Å². The second-order valence-electron chi connectivity index (χ2n) is 12.7. The molecule has 3 heterocycles. The summed E-state index contributed by atoms with van der Waals surface area (Å²) in [6.45, 7) is 11.7. The van der Waals surface area contributed by atoms with Gasteiger partial charge in [0.25, 0.3) is 0 Å². The van der Waals surface area contributed by atoms with Gasteiger partial charge in [-0.1, -0.05) is 34.1 Å². The molecular formula is C32H50N2O8S2. The lowest BCUT2D eigenvalue weighted by Crippen LogP contribution is -2.45. The van der Waals surface area contributed by atoms with Gasteiger partial charge in [-0.2, -0.15) is 11.8 Å². The molecular weight excluding hydrogens is 604 g/mol. The van der Waals surface area contributed by atoms with Crippen molar-refractivity contribution < 1.29 is 38.8 Å². The summed E-state index contributed by atoms with van der Waals surface area (Å²) in [5, 5.41) is 24.9. The predicted molar refractivity (Wildman–Crippen MR) is 173 cm³/mol. The number of cyclic esters (lactones) is 1. The van der Waals surface area contributed by atoms with Gasteiger partial charge in [0.1, 0.15) is 25.1 Å². The largest absolute Gasteiger partial charge is 0.508 e. The first kappa shape index (κ1) is 36.5. The summed E-state index contributed by atoms with van der Waals surface area (Å²) in [5.41, 5.74) is 0.377. The second kappa shape index (κ2) is 16.5. The third kappa shape index (κ3) is 10.0. The van der Waals surface area contributed by atoms with Crippen molar-refractivity contribution in [2.24, 2.45) is 17.3 Å². The van der Waals surface area contributed by atoms with Crippen LogP contribution in [-0.2, 0) is 23.8 Å². The van der Waals surface area contributed by atoms with E-state index < -0.39 is 41.8 Å². The van der Waals surface area contributed by atoms with Gasteiger partial charge in [0.05, 0.1) is 34.7 Å². The van der Waals surface area contributed by atoms with Crippen LogP contribution in [0.2, 0.25) is 0 Å². The Hall–Kier alpha value is -1.99. The number of carbonyl (C=O) groups excluding carboxylic acids is 3. The monoisotopic (exact) mass is 654 g/mol. The van der Waals surface area contributed by atoms with Crippen LogP contribution in [0.3, 0.4) is 0 Å². The van der Waals surface area contributed by atoms with E-state index in [1.807, 2.05) is 38.5 Å². The van der Waals surface area contributed by atoms with Crippen LogP contribution in [0, 0.1) is 24.2 Å². The average molecular weight is 655 g/mol. The second-order valence-corrected chi connectivity index (χ2v) is 14.7. The number of Topliss-reactive ketones (excluding diaryl/α,β-unsaturated/α-hetero) is 1. The number of carbonyl (C=O) groups is 3. The number of aryl methyl sites for hydroxylation is 1. The van der Waals surface area contributed by atoms with Gasteiger partial charge in [0, 0.05) is 42.1 Å². The van der Waals surface area contributed by atoms with E-state index >= 15 is 0 Å². The fourth-order valence-electron chi connectivity index (χ4n) is 6.02. The lowest BCUT2D eigenvalue weighted by Gasteiger charge is -2.34. The standard InChI is InChI=1S/C32H50N2O8S2/c1-19-9-8-10-24-25(34(24)11-12-40-31(39)41-13-14-43-7)16-26(20(2)15-23-18-44-22(4)33-23)42-28(36)17-27(35)32(5,6)30(38)21(3)29(19)37/h15,18-19,21,24-27,29,35,37H,8-14,16-17H2,1-7H3/b20-15+/t19-,21+,24+,25-,26-,27-,29-,34?/m0/s1. The third-order valence-corrected chi connectivity index (χ3v) is 10.4. The molecule has 12 heteroatoms. The quantitative estimate of drug-likeness (QED) is 0.225. The highest BCUT2D eigenvalue weighted by atomic mass is 32.2. The van der Waals surface area contributed by atoms with Gasteiger partial charge >= 0.3 is 12.1 Å². The van der Waals surface area contributed by atoms with Gasteiger partial charge in [-0.05, 0) is 50.5 Å². The Bertz CT molecular complexity index is 1160. The summed E-state index contributed by atoms with van der Waals surface area (Å²) in [4.78, 5) is 45.4. The van der Waals surface area contributed by atoms with E-state index in [4.69, 9.17) is 14.2 Å². The highest BCUT2D eigenvalue weighted by Gasteiger charge is 2.48. The average Bonchev–Trinajstić information content (AvgIpc) is 3.43. The molecule has 0 saturated carbocycles. The maximum Gasteiger partial charge on any atom is 0.508 e. The zero-order valence-corrected chi connectivity index (χ0v) is 28.7. The summed E-state index contributed by atoms with van der Waals surface area (Å²) in [7, 11) is 0. The Labute approximate surface area is 269 Å². The molecule has 2 N–H and O–H groups in total. The molecule has 0 amide bonds. The molecule has 2 fully saturated rings. The van der Waals surface area contributed by atoms with Crippen LogP contribution in [0.4, 0.5) is 4.79 Å². The molecule has 10 nitrogen and oxygen atoms in total. The number of thioether (sulfide) groups is 1. The number of esters is 1. The molecule has 1 aromatic rings. The summed E-state index contributed by atoms with van der Waals surface area (Å²) in [5.74, 6) is -0.996. The Morgan fingerprint density at radius 2 is 1.91 bits per heavy atom. The minimum atomic E-state index is -1.27. The van der Waals surface area contributed by atoms with Crippen molar-refractivity contribution in [3.63, 3.8) is 0 Å². The van der Waals surface area contributed by atoms with Gasteiger partial charge in [-0.15, -0.1) is 11.3 Å². The maximum absolute atomic E-state index is 13.4. The van der Waals surface area contributed by atoms with Gasteiger partial charge in [-0.3, -0.25) is 14.5 Å².